The molecule has 0 bridgehead atoms. The molecule has 2 aromatic rings. The number of aromatic nitrogens is 1. The SMILES string of the molecule is FC(F)(F)c1ccc(OCCNCc2cccnc2)cc1. The molecule has 0 aliphatic rings. The standard InChI is InChI=1S/C15H15F3N2O/c16-15(17,18)13-3-5-14(6-4-13)21-9-8-20-11-12-2-1-7-19-10-12/h1-7,10,20H,8-9,11H2. The first kappa shape index (κ1) is 15.3. The summed E-state index contributed by atoms with van der Waals surface area (Å²) in [6, 6.07) is 8.48. The Morgan fingerprint density at radius 2 is 1.86 bits per heavy atom. The first-order valence-corrected chi connectivity index (χ1v) is 6.45. The number of rotatable bonds is 6. The van der Waals surface area contributed by atoms with Crippen molar-refractivity contribution in [3.05, 3.63) is 59.9 Å². The Labute approximate surface area is 120 Å². The van der Waals surface area contributed by atoms with Crippen molar-refractivity contribution in [2.24, 2.45) is 0 Å². The molecule has 112 valence electrons. The van der Waals surface area contributed by atoms with E-state index in [2.05, 4.69) is 10.3 Å². The maximum atomic E-state index is 12.4. The first-order chi connectivity index (χ1) is 10.1. The number of hydrogen-bond acceptors (Lipinski definition) is 3. The summed E-state index contributed by atoms with van der Waals surface area (Å²) in [5.41, 5.74) is 0.386. The van der Waals surface area contributed by atoms with Gasteiger partial charge in [0.25, 0.3) is 0 Å². The summed E-state index contributed by atoms with van der Waals surface area (Å²) in [5, 5.41) is 3.16. The molecule has 1 N–H and O–H groups in total. The lowest BCUT2D eigenvalue weighted by Gasteiger charge is -2.09. The summed E-state index contributed by atoms with van der Waals surface area (Å²) in [5.74, 6) is 0.422. The van der Waals surface area contributed by atoms with Gasteiger partial charge in [0.2, 0.25) is 0 Å². The fraction of sp³-hybridized carbons (Fsp3) is 0.267. The van der Waals surface area contributed by atoms with E-state index in [1.165, 1.54) is 12.1 Å². The van der Waals surface area contributed by atoms with Gasteiger partial charge < -0.3 is 10.1 Å². The van der Waals surface area contributed by atoms with E-state index in [0.717, 1.165) is 17.7 Å². The Hall–Kier alpha value is -2.08. The van der Waals surface area contributed by atoms with E-state index in [-0.39, 0.29) is 0 Å². The normalized spacial score (nSPS) is 11.4. The Morgan fingerprint density at radius 1 is 1.10 bits per heavy atom. The van der Waals surface area contributed by atoms with E-state index < -0.39 is 11.7 Å². The van der Waals surface area contributed by atoms with Crippen molar-refractivity contribution >= 4 is 0 Å². The van der Waals surface area contributed by atoms with Crippen molar-refractivity contribution in [3.8, 4) is 5.75 Å². The molecule has 3 nitrogen and oxygen atoms in total. The Kier molecular flexibility index (Phi) is 5.16. The summed E-state index contributed by atoms with van der Waals surface area (Å²) in [6.07, 6.45) is -0.843. The molecule has 1 aromatic heterocycles. The van der Waals surface area contributed by atoms with E-state index in [1.807, 2.05) is 12.1 Å². The highest BCUT2D eigenvalue weighted by Gasteiger charge is 2.29. The Bertz CT molecular complexity index is 541. The monoisotopic (exact) mass is 296 g/mol. The molecule has 0 unspecified atom stereocenters. The largest absolute Gasteiger partial charge is 0.492 e. The predicted octanol–water partition coefficient (Wildman–Crippen LogP) is 3.27. The van der Waals surface area contributed by atoms with Crippen LogP contribution in [0.25, 0.3) is 0 Å². The van der Waals surface area contributed by atoms with Gasteiger partial charge in [-0.2, -0.15) is 13.2 Å². The van der Waals surface area contributed by atoms with E-state index in [0.29, 0.717) is 25.4 Å². The molecular formula is C15H15F3N2O. The van der Waals surface area contributed by atoms with Crippen molar-refractivity contribution < 1.29 is 17.9 Å². The number of benzene rings is 1. The van der Waals surface area contributed by atoms with Crippen LogP contribution in [0.15, 0.2) is 48.8 Å². The van der Waals surface area contributed by atoms with Crippen LogP contribution in [0, 0.1) is 0 Å². The predicted molar refractivity (Wildman–Crippen MR) is 72.9 cm³/mol. The third kappa shape index (κ3) is 5.07. The Morgan fingerprint density at radius 3 is 2.48 bits per heavy atom. The van der Waals surface area contributed by atoms with Gasteiger partial charge in [0.1, 0.15) is 12.4 Å². The summed E-state index contributed by atoms with van der Waals surface area (Å²) in [6.45, 7) is 1.64. The number of hydrogen-bond donors (Lipinski definition) is 1. The fourth-order valence-corrected chi connectivity index (χ4v) is 1.72. The summed E-state index contributed by atoms with van der Waals surface area (Å²) in [7, 11) is 0. The van der Waals surface area contributed by atoms with Gasteiger partial charge in [-0.05, 0) is 35.9 Å². The van der Waals surface area contributed by atoms with Crippen LogP contribution in [0.3, 0.4) is 0 Å². The fourth-order valence-electron chi connectivity index (χ4n) is 1.72. The molecule has 0 aliphatic carbocycles. The topological polar surface area (TPSA) is 34.1 Å². The summed E-state index contributed by atoms with van der Waals surface area (Å²) in [4.78, 5) is 4.00. The van der Waals surface area contributed by atoms with Crippen LogP contribution < -0.4 is 10.1 Å². The van der Waals surface area contributed by atoms with Crippen LogP contribution in [0.5, 0.6) is 5.75 Å². The maximum absolute atomic E-state index is 12.4. The van der Waals surface area contributed by atoms with Crippen LogP contribution in [-0.4, -0.2) is 18.1 Å². The van der Waals surface area contributed by atoms with Gasteiger partial charge in [-0.3, -0.25) is 4.98 Å². The molecule has 0 amide bonds. The highest BCUT2D eigenvalue weighted by molar-refractivity contribution is 5.28. The molecule has 0 aliphatic heterocycles. The van der Waals surface area contributed by atoms with Gasteiger partial charge in [-0.1, -0.05) is 6.07 Å². The zero-order valence-corrected chi connectivity index (χ0v) is 11.2. The molecule has 0 saturated carbocycles. The number of alkyl halides is 3. The molecular weight excluding hydrogens is 281 g/mol. The second kappa shape index (κ2) is 7.08. The van der Waals surface area contributed by atoms with E-state index >= 15 is 0 Å². The molecule has 1 heterocycles. The maximum Gasteiger partial charge on any atom is 0.416 e. The lowest BCUT2D eigenvalue weighted by molar-refractivity contribution is -0.137. The zero-order valence-electron chi connectivity index (χ0n) is 11.2. The molecule has 0 spiro atoms. The molecule has 2 rings (SSSR count). The van der Waals surface area contributed by atoms with E-state index in [9.17, 15) is 13.2 Å². The van der Waals surface area contributed by atoms with Gasteiger partial charge in [-0.15, -0.1) is 0 Å². The van der Waals surface area contributed by atoms with Crippen molar-refractivity contribution in [1.82, 2.24) is 10.3 Å². The zero-order chi connectivity index (χ0) is 15.1. The van der Waals surface area contributed by atoms with Gasteiger partial charge in [0.05, 0.1) is 5.56 Å². The smallest absolute Gasteiger partial charge is 0.416 e. The molecule has 0 atom stereocenters. The molecule has 0 fully saturated rings. The first-order valence-electron chi connectivity index (χ1n) is 6.45. The number of ether oxygens (including phenoxy) is 1. The highest BCUT2D eigenvalue weighted by Crippen LogP contribution is 2.30. The number of nitrogens with one attached hydrogen (secondary N) is 1. The molecule has 21 heavy (non-hydrogen) atoms. The lowest BCUT2D eigenvalue weighted by Crippen LogP contribution is -2.20. The van der Waals surface area contributed by atoms with Crippen LogP contribution in [0.1, 0.15) is 11.1 Å². The summed E-state index contributed by atoms with van der Waals surface area (Å²) >= 11 is 0. The van der Waals surface area contributed by atoms with Crippen LogP contribution in [-0.2, 0) is 12.7 Å². The lowest BCUT2D eigenvalue weighted by atomic mass is 10.2. The second-order valence-corrected chi connectivity index (χ2v) is 4.41. The van der Waals surface area contributed by atoms with Gasteiger partial charge in [0.15, 0.2) is 0 Å². The van der Waals surface area contributed by atoms with Crippen molar-refractivity contribution in [2.45, 2.75) is 12.7 Å². The number of pyridine rings is 1. The minimum absolute atomic E-state index is 0.381. The number of halogens is 3. The van der Waals surface area contributed by atoms with Crippen molar-refractivity contribution in [2.75, 3.05) is 13.2 Å². The van der Waals surface area contributed by atoms with Gasteiger partial charge in [0, 0.05) is 25.5 Å². The third-order valence-electron chi connectivity index (χ3n) is 2.78. The molecule has 0 saturated heterocycles. The highest BCUT2D eigenvalue weighted by atomic mass is 19.4. The number of nitrogens with zero attached hydrogens (tertiary/aromatic N) is 1. The second-order valence-electron chi connectivity index (χ2n) is 4.41. The van der Waals surface area contributed by atoms with Crippen LogP contribution in [0.4, 0.5) is 13.2 Å². The third-order valence-corrected chi connectivity index (χ3v) is 2.78. The van der Waals surface area contributed by atoms with Gasteiger partial charge in [-0.25, -0.2) is 0 Å². The Balaban J connectivity index is 1.69. The van der Waals surface area contributed by atoms with Crippen LogP contribution in [0.2, 0.25) is 0 Å². The molecule has 6 heteroatoms. The molecule has 1 aromatic carbocycles. The average Bonchev–Trinajstić information content (AvgIpc) is 2.47. The molecule has 0 radical (unpaired) electrons. The quantitative estimate of drug-likeness (QED) is 0.831. The van der Waals surface area contributed by atoms with Crippen LogP contribution >= 0.6 is 0 Å². The minimum atomic E-state index is -4.32. The summed E-state index contributed by atoms with van der Waals surface area (Å²) < 4.78 is 42.5. The van der Waals surface area contributed by atoms with Gasteiger partial charge >= 0.3 is 6.18 Å². The van der Waals surface area contributed by atoms with E-state index in [1.54, 1.807) is 12.4 Å². The van der Waals surface area contributed by atoms with E-state index in [4.69, 9.17) is 4.74 Å². The van der Waals surface area contributed by atoms with Crippen molar-refractivity contribution in [3.63, 3.8) is 0 Å². The minimum Gasteiger partial charge on any atom is -0.492 e. The average molecular weight is 296 g/mol. The van der Waals surface area contributed by atoms with Crippen molar-refractivity contribution in [1.29, 1.82) is 0 Å².